The molecule has 27 heavy (non-hydrogen) atoms. The van der Waals surface area contributed by atoms with Gasteiger partial charge in [0.1, 0.15) is 5.75 Å². The first-order valence-electron chi connectivity index (χ1n) is 9.61. The maximum atomic E-state index is 12.2. The van der Waals surface area contributed by atoms with E-state index in [1.54, 1.807) is 7.11 Å². The molecule has 1 aromatic carbocycles. The Morgan fingerprint density at radius 2 is 1.85 bits per heavy atom. The molecule has 5 nitrogen and oxygen atoms in total. The molecule has 2 heterocycles. The maximum absolute atomic E-state index is 12.2. The zero-order valence-corrected chi connectivity index (χ0v) is 17.7. The second kappa shape index (κ2) is 12.4. The summed E-state index contributed by atoms with van der Waals surface area (Å²) in [5.74, 6) is 1.71. The van der Waals surface area contributed by atoms with Gasteiger partial charge in [0.2, 0.25) is 5.91 Å². The second-order valence-electron chi connectivity index (χ2n) is 7.32. The van der Waals surface area contributed by atoms with Crippen LogP contribution in [0.2, 0.25) is 0 Å². The van der Waals surface area contributed by atoms with E-state index in [9.17, 15) is 4.79 Å². The molecule has 0 aromatic heterocycles. The molecule has 2 aliphatic heterocycles. The summed E-state index contributed by atoms with van der Waals surface area (Å²) in [6.07, 6.45) is 5.65. The van der Waals surface area contributed by atoms with Crippen LogP contribution in [0.1, 0.15) is 37.7 Å². The van der Waals surface area contributed by atoms with E-state index >= 15 is 0 Å². The lowest BCUT2D eigenvalue weighted by molar-refractivity contribution is -0.123. The summed E-state index contributed by atoms with van der Waals surface area (Å²) in [6, 6.07) is 8.36. The van der Waals surface area contributed by atoms with Crippen LogP contribution in [0.3, 0.4) is 0 Å². The van der Waals surface area contributed by atoms with E-state index in [0.29, 0.717) is 5.92 Å². The molecule has 2 fully saturated rings. The number of hydrogen-bond acceptors (Lipinski definition) is 4. The number of nitrogens with zero attached hydrogens (tertiary/aromatic N) is 1. The Morgan fingerprint density at radius 1 is 1.15 bits per heavy atom. The third-order valence-corrected chi connectivity index (χ3v) is 5.46. The molecule has 3 rings (SSSR count). The van der Waals surface area contributed by atoms with Crippen molar-refractivity contribution in [2.75, 3.05) is 33.3 Å². The van der Waals surface area contributed by atoms with Crippen molar-refractivity contribution in [3.05, 3.63) is 29.8 Å². The highest BCUT2D eigenvalue weighted by atomic mass is 35.5. The fourth-order valence-electron chi connectivity index (χ4n) is 3.78. The van der Waals surface area contributed by atoms with Crippen LogP contribution in [-0.4, -0.2) is 50.1 Å². The van der Waals surface area contributed by atoms with Crippen LogP contribution >= 0.6 is 24.8 Å². The Bertz CT molecular complexity index is 543. The van der Waals surface area contributed by atoms with Crippen molar-refractivity contribution in [2.45, 2.75) is 44.7 Å². The molecule has 1 amide bonds. The Balaban J connectivity index is 0.00000182. The molecule has 1 unspecified atom stereocenters. The summed E-state index contributed by atoms with van der Waals surface area (Å²) < 4.78 is 5.21. The van der Waals surface area contributed by atoms with Crippen molar-refractivity contribution >= 4 is 30.7 Å². The van der Waals surface area contributed by atoms with Crippen LogP contribution in [0, 0.1) is 5.92 Å². The summed E-state index contributed by atoms with van der Waals surface area (Å²) in [7, 11) is 1.70. The molecular weight excluding hydrogens is 385 g/mol. The minimum atomic E-state index is 0. The number of piperidine rings is 2. The van der Waals surface area contributed by atoms with Gasteiger partial charge in [0, 0.05) is 13.1 Å². The van der Waals surface area contributed by atoms with Crippen LogP contribution in [0.15, 0.2) is 24.3 Å². The molecule has 2 N–H and O–H groups in total. The Kier molecular flexibility index (Phi) is 11.1. The smallest absolute Gasteiger partial charge is 0.237 e. The number of likely N-dealkylation sites (tertiary alicyclic amines) is 1. The van der Waals surface area contributed by atoms with Crippen molar-refractivity contribution in [2.24, 2.45) is 5.92 Å². The zero-order chi connectivity index (χ0) is 17.5. The van der Waals surface area contributed by atoms with E-state index in [2.05, 4.69) is 27.7 Å². The molecule has 2 saturated heterocycles. The minimum absolute atomic E-state index is 0. The fraction of sp³-hybridized carbons (Fsp3) is 0.650. The molecule has 0 aliphatic carbocycles. The maximum Gasteiger partial charge on any atom is 0.237 e. The van der Waals surface area contributed by atoms with Crippen LogP contribution in [0.5, 0.6) is 5.75 Å². The summed E-state index contributed by atoms with van der Waals surface area (Å²) in [5, 5.41) is 6.49. The first kappa shape index (κ1) is 24.0. The topological polar surface area (TPSA) is 53.6 Å². The van der Waals surface area contributed by atoms with Crippen LogP contribution in [-0.2, 0) is 11.3 Å². The van der Waals surface area contributed by atoms with Crippen molar-refractivity contribution in [1.82, 2.24) is 15.5 Å². The van der Waals surface area contributed by atoms with Crippen LogP contribution in [0.4, 0.5) is 0 Å². The number of hydrogen-bond donors (Lipinski definition) is 2. The van der Waals surface area contributed by atoms with Gasteiger partial charge in [-0.25, -0.2) is 0 Å². The quantitative estimate of drug-likeness (QED) is 0.746. The Morgan fingerprint density at radius 3 is 2.44 bits per heavy atom. The largest absolute Gasteiger partial charge is 0.497 e. The molecule has 7 heteroatoms. The lowest BCUT2D eigenvalue weighted by Crippen LogP contribution is -2.48. The summed E-state index contributed by atoms with van der Waals surface area (Å²) in [4.78, 5) is 14.7. The average Bonchev–Trinajstić information content (AvgIpc) is 2.68. The summed E-state index contributed by atoms with van der Waals surface area (Å²) >= 11 is 0. The average molecular weight is 418 g/mol. The van der Waals surface area contributed by atoms with E-state index < -0.39 is 0 Å². The first-order valence-corrected chi connectivity index (χ1v) is 9.61. The van der Waals surface area contributed by atoms with Gasteiger partial charge in [0.05, 0.1) is 13.2 Å². The number of ether oxygens (including phenoxy) is 1. The van der Waals surface area contributed by atoms with Gasteiger partial charge in [-0.15, -0.1) is 24.8 Å². The van der Waals surface area contributed by atoms with E-state index in [1.807, 2.05) is 12.1 Å². The van der Waals surface area contributed by atoms with E-state index in [4.69, 9.17) is 4.74 Å². The predicted octanol–water partition coefficient (Wildman–Crippen LogP) is 3.01. The van der Waals surface area contributed by atoms with Gasteiger partial charge in [-0.1, -0.05) is 18.6 Å². The van der Waals surface area contributed by atoms with Crippen LogP contribution < -0.4 is 15.4 Å². The number of halogens is 2. The molecule has 1 aromatic rings. The normalized spacial score (nSPS) is 20.9. The number of rotatable bonds is 6. The molecular formula is C20H33Cl2N3O2. The van der Waals surface area contributed by atoms with Crippen molar-refractivity contribution in [1.29, 1.82) is 0 Å². The number of carbonyl (C=O) groups excluding carboxylic acids is 1. The Labute approximate surface area is 175 Å². The van der Waals surface area contributed by atoms with Gasteiger partial charge in [-0.05, 0) is 68.9 Å². The second-order valence-corrected chi connectivity index (χ2v) is 7.32. The molecule has 0 saturated carbocycles. The number of carbonyl (C=O) groups is 1. The van der Waals surface area contributed by atoms with Gasteiger partial charge < -0.3 is 15.4 Å². The van der Waals surface area contributed by atoms with Gasteiger partial charge in [-0.2, -0.15) is 0 Å². The molecule has 0 spiro atoms. The van der Waals surface area contributed by atoms with E-state index in [0.717, 1.165) is 64.2 Å². The van der Waals surface area contributed by atoms with Crippen molar-refractivity contribution in [3.63, 3.8) is 0 Å². The molecule has 2 aliphatic rings. The number of nitrogens with one attached hydrogen (secondary N) is 2. The predicted molar refractivity (Wildman–Crippen MR) is 114 cm³/mol. The van der Waals surface area contributed by atoms with E-state index in [-0.39, 0.29) is 36.8 Å². The lowest BCUT2D eigenvalue weighted by Gasteiger charge is -2.32. The number of benzene rings is 1. The molecule has 0 radical (unpaired) electrons. The Hall–Kier alpha value is -1.01. The van der Waals surface area contributed by atoms with Gasteiger partial charge >= 0.3 is 0 Å². The minimum Gasteiger partial charge on any atom is -0.497 e. The summed E-state index contributed by atoms with van der Waals surface area (Å²) in [5.41, 5.74) is 1.33. The highest BCUT2D eigenvalue weighted by Crippen LogP contribution is 2.20. The van der Waals surface area contributed by atoms with Crippen molar-refractivity contribution < 1.29 is 9.53 Å². The third-order valence-electron chi connectivity index (χ3n) is 5.46. The number of methoxy groups -OCH3 is 1. The summed E-state index contributed by atoms with van der Waals surface area (Å²) in [6.45, 7) is 5.01. The third kappa shape index (κ3) is 7.49. The van der Waals surface area contributed by atoms with Gasteiger partial charge in [0.25, 0.3) is 0 Å². The highest BCUT2D eigenvalue weighted by Gasteiger charge is 2.23. The van der Waals surface area contributed by atoms with Crippen LogP contribution in [0.25, 0.3) is 0 Å². The molecule has 154 valence electrons. The fourth-order valence-corrected chi connectivity index (χ4v) is 3.78. The number of amides is 1. The molecule has 0 bridgehead atoms. The standard InChI is InChI=1S/C20H31N3O2.2ClH/c1-25-18-7-5-17(6-8-18)15-23-12-9-16(10-13-23)14-22-20(24)19-4-2-3-11-21-19;;/h5-8,16,19,21H,2-4,9-15H2,1H3,(H,22,24);2*1H. The van der Waals surface area contributed by atoms with Crippen molar-refractivity contribution in [3.8, 4) is 5.75 Å². The SMILES string of the molecule is COc1ccc(CN2CCC(CNC(=O)C3CCCCN3)CC2)cc1.Cl.Cl. The lowest BCUT2D eigenvalue weighted by atomic mass is 9.96. The van der Waals surface area contributed by atoms with Gasteiger partial charge in [0.15, 0.2) is 0 Å². The van der Waals surface area contributed by atoms with E-state index in [1.165, 1.54) is 12.0 Å². The zero-order valence-electron chi connectivity index (χ0n) is 16.1. The molecule has 1 atom stereocenters. The van der Waals surface area contributed by atoms with Gasteiger partial charge in [-0.3, -0.25) is 9.69 Å². The monoisotopic (exact) mass is 417 g/mol. The first-order chi connectivity index (χ1) is 12.2. The highest BCUT2D eigenvalue weighted by molar-refractivity contribution is 5.85.